The van der Waals surface area contributed by atoms with Crippen LogP contribution in [0.4, 0.5) is 0 Å². The normalized spacial score (nSPS) is 11.9. The van der Waals surface area contributed by atoms with Crippen molar-refractivity contribution in [3.8, 4) is 86.3 Å². The number of thiophene rings is 4. The molecule has 0 spiro atoms. The molecule has 0 saturated carbocycles. The Morgan fingerprint density at radius 3 is 0.875 bits per heavy atom. The van der Waals surface area contributed by atoms with Crippen molar-refractivity contribution in [2.45, 2.75) is 0 Å². The monoisotopic (exact) mass is 990 g/mol. The fourth-order valence-corrected chi connectivity index (χ4v) is 13.8. The molecule has 338 valence electrons. The van der Waals surface area contributed by atoms with E-state index in [1.54, 1.807) is 45.3 Å². The quantitative estimate of drug-likeness (QED) is 0.112. The first-order chi connectivity index (χ1) is 35.7. The Kier molecular flexibility index (Phi) is 9.70. The van der Waals surface area contributed by atoms with Crippen LogP contribution >= 0.6 is 45.3 Å². The van der Waals surface area contributed by atoms with Crippen molar-refractivity contribution in [3.05, 3.63) is 228 Å². The van der Waals surface area contributed by atoms with E-state index in [-0.39, 0.29) is 0 Å². The van der Waals surface area contributed by atoms with Gasteiger partial charge in [-0.05, 0) is 149 Å². The molecule has 0 aliphatic heterocycles. The average Bonchev–Trinajstić information content (AvgIpc) is 4.32. The van der Waals surface area contributed by atoms with Crippen LogP contribution in [0, 0.1) is 0 Å². The highest BCUT2D eigenvalue weighted by Crippen LogP contribution is 2.50. The van der Waals surface area contributed by atoms with Crippen LogP contribution in [-0.4, -0.2) is 0 Å². The van der Waals surface area contributed by atoms with Gasteiger partial charge in [-0.3, -0.25) is 0 Å². The number of benzene rings is 9. The summed E-state index contributed by atoms with van der Waals surface area (Å²) in [6, 6.07) is 75.7. The third-order valence-corrected chi connectivity index (χ3v) is 18.0. The zero-order chi connectivity index (χ0) is 47.3. The molecule has 2 nitrogen and oxygen atoms in total. The first kappa shape index (κ1) is 41.7. The number of rotatable bonds is 8. The second kappa shape index (κ2) is 16.8. The topological polar surface area (TPSA) is 26.3 Å². The van der Waals surface area contributed by atoms with Crippen molar-refractivity contribution < 1.29 is 8.83 Å². The summed E-state index contributed by atoms with van der Waals surface area (Å²) >= 11 is 7.05. The van der Waals surface area contributed by atoms with Gasteiger partial charge in [-0.2, -0.15) is 0 Å². The smallest absolute Gasteiger partial charge is 0.143 e. The Hall–Kier alpha value is -8.10. The molecule has 0 N–H and O–H groups in total. The first-order valence-corrected chi connectivity index (χ1v) is 27.5. The van der Waals surface area contributed by atoms with E-state index < -0.39 is 0 Å². The predicted molar refractivity (Wildman–Crippen MR) is 311 cm³/mol. The van der Waals surface area contributed by atoms with Crippen LogP contribution in [0.3, 0.4) is 0 Å². The standard InChI is InChI=1S/C66H38O2S4/c1-7-49-61-53-37-47(39-15-23-43(24-16-39)57-11-3-31-69-57)36-52(42-21-29-46(30-22-42)60-14-6-34-72-60)66(53)68-56-10-2-8-50(64(56)61)62-54-38-48(40-17-25-44(26-18-40)58-12-4-32-70-58)35-51(65(54)67-55(9-1)63(49)62)41-19-27-45(28-20-41)59-13-5-33-71-59/h1-38H. The summed E-state index contributed by atoms with van der Waals surface area (Å²) in [6.07, 6.45) is 0. The SMILES string of the molecule is c1csc(-c2ccc(-c3cc(-c4ccc(-c5cccs5)cc4)c4oc5cccc6c5c(c4c3)c3cccc4oc5c(-c7ccc(-c8cccs8)cc7)cc(-c7ccc(-c8cccs8)cc7)cc5c6c43)cc2)c1. The predicted octanol–water partition coefficient (Wildman–Crippen LogP) is 21.4. The van der Waals surface area contributed by atoms with Gasteiger partial charge in [0.25, 0.3) is 0 Å². The Bertz CT molecular complexity index is 4190. The molecule has 6 heterocycles. The van der Waals surface area contributed by atoms with Crippen LogP contribution in [0.15, 0.2) is 237 Å². The van der Waals surface area contributed by atoms with Gasteiger partial charge >= 0.3 is 0 Å². The minimum absolute atomic E-state index is 0.848. The molecular formula is C66H38O2S4. The highest BCUT2D eigenvalue weighted by Gasteiger charge is 2.24. The largest absolute Gasteiger partial charge is 0.455 e. The van der Waals surface area contributed by atoms with Crippen molar-refractivity contribution in [3.63, 3.8) is 0 Å². The maximum atomic E-state index is 7.32. The highest BCUT2D eigenvalue weighted by atomic mass is 32.1. The lowest BCUT2D eigenvalue weighted by Gasteiger charge is -2.20. The Balaban J connectivity index is 1.02. The molecule has 0 radical (unpaired) electrons. The van der Waals surface area contributed by atoms with Gasteiger partial charge in [-0.15, -0.1) is 45.3 Å². The van der Waals surface area contributed by atoms with E-state index in [4.69, 9.17) is 8.83 Å². The molecule has 0 atom stereocenters. The van der Waals surface area contributed by atoms with Crippen LogP contribution in [0.25, 0.3) is 152 Å². The fraction of sp³-hybridized carbons (Fsp3) is 0. The molecule has 6 heteroatoms. The van der Waals surface area contributed by atoms with Gasteiger partial charge in [0.05, 0.1) is 0 Å². The van der Waals surface area contributed by atoms with Crippen LogP contribution in [0.5, 0.6) is 0 Å². The molecule has 0 unspecified atom stereocenters. The van der Waals surface area contributed by atoms with Crippen LogP contribution in [0.2, 0.25) is 0 Å². The molecule has 72 heavy (non-hydrogen) atoms. The molecule has 0 bridgehead atoms. The maximum absolute atomic E-state index is 7.32. The van der Waals surface area contributed by atoms with Gasteiger partial charge in [0, 0.05) is 63.0 Å². The molecule has 0 aliphatic rings. The second-order valence-electron chi connectivity index (χ2n) is 18.3. The third-order valence-electron chi connectivity index (χ3n) is 14.3. The fourth-order valence-electron chi connectivity index (χ4n) is 10.9. The van der Waals surface area contributed by atoms with Gasteiger partial charge in [0.1, 0.15) is 22.3 Å². The van der Waals surface area contributed by atoms with Crippen LogP contribution < -0.4 is 0 Å². The van der Waals surface area contributed by atoms with E-state index in [0.717, 1.165) is 110 Å². The van der Waals surface area contributed by atoms with Crippen molar-refractivity contribution in [1.82, 2.24) is 0 Å². The van der Waals surface area contributed by atoms with Crippen molar-refractivity contribution in [2.24, 2.45) is 0 Å². The van der Waals surface area contributed by atoms with Crippen molar-refractivity contribution >= 4 is 111 Å². The molecule has 6 aromatic heterocycles. The van der Waals surface area contributed by atoms with E-state index in [9.17, 15) is 0 Å². The number of fused-ring (bicyclic) bond motifs is 6. The molecular weight excluding hydrogens is 953 g/mol. The summed E-state index contributed by atoms with van der Waals surface area (Å²) in [6.45, 7) is 0. The van der Waals surface area contributed by atoms with Crippen LogP contribution in [-0.2, 0) is 0 Å². The summed E-state index contributed by atoms with van der Waals surface area (Å²) in [5.74, 6) is 0. The Morgan fingerprint density at radius 1 is 0.236 bits per heavy atom. The maximum Gasteiger partial charge on any atom is 0.143 e. The summed E-state index contributed by atoms with van der Waals surface area (Å²) < 4.78 is 14.6. The zero-order valence-electron chi connectivity index (χ0n) is 38.4. The summed E-state index contributed by atoms with van der Waals surface area (Å²) in [7, 11) is 0. The molecule has 9 aromatic carbocycles. The highest BCUT2D eigenvalue weighted by molar-refractivity contribution is 7.14. The van der Waals surface area contributed by atoms with E-state index in [0.29, 0.717) is 0 Å². The minimum atomic E-state index is 0.848. The molecule has 0 fully saturated rings. The van der Waals surface area contributed by atoms with Gasteiger partial charge in [0.15, 0.2) is 0 Å². The molecule has 15 rings (SSSR count). The van der Waals surface area contributed by atoms with E-state index >= 15 is 0 Å². The van der Waals surface area contributed by atoms with Gasteiger partial charge in [-0.25, -0.2) is 0 Å². The van der Waals surface area contributed by atoms with E-state index in [1.165, 1.54) is 41.8 Å². The Morgan fingerprint density at radius 2 is 0.556 bits per heavy atom. The molecule has 0 aliphatic carbocycles. The average molecular weight is 991 g/mol. The summed E-state index contributed by atoms with van der Waals surface area (Å²) in [4.78, 5) is 5.03. The van der Waals surface area contributed by atoms with E-state index in [2.05, 4.69) is 228 Å². The molecule has 0 saturated heterocycles. The molecule has 15 aromatic rings. The lowest BCUT2D eigenvalue weighted by molar-refractivity contribution is 0.662. The van der Waals surface area contributed by atoms with Gasteiger partial charge < -0.3 is 8.83 Å². The summed E-state index contributed by atoms with van der Waals surface area (Å²) in [5.41, 5.74) is 17.1. The zero-order valence-corrected chi connectivity index (χ0v) is 41.7. The van der Waals surface area contributed by atoms with Crippen molar-refractivity contribution in [1.29, 1.82) is 0 Å². The lowest BCUT2D eigenvalue weighted by Crippen LogP contribution is -1.93. The lowest BCUT2D eigenvalue weighted by atomic mass is 9.86. The molecule has 0 amide bonds. The second-order valence-corrected chi connectivity index (χ2v) is 22.1. The van der Waals surface area contributed by atoms with Crippen LogP contribution in [0.1, 0.15) is 0 Å². The first-order valence-electron chi connectivity index (χ1n) is 24.0. The van der Waals surface area contributed by atoms with Gasteiger partial charge in [-0.1, -0.05) is 146 Å². The number of hydrogen-bond acceptors (Lipinski definition) is 6. The minimum Gasteiger partial charge on any atom is -0.455 e. The number of hydrogen-bond donors (Lipinski definition) is 0. The Labute approximate surface area is 430 Å². The van der Waals surface area contributed by atoms with E-state index in [1.807, 2.05) is 0 Å². The van der Waals surface area contributed by atoms with Gasteiger partial charge in [0.2, 0.25) is 0 Å². The van der Waals surface area contributed by atoms with Crippen molar-refractivity contribution in [2.75, 3.05) is 0 Å². The third kappa shape index (κ3) is 6.79. The summed E-state index contributed by atoms with van der Waals surface area (Å²) in [5, 5.41) is 17.5.